The molecule has 7 nitrogen and oxygen atoms in total. The van der Waals surface area contributed by atoms with Gasteiger partial charge < -0.3 is 14.4 Å². The molecule has 1 aliphatic heterocycles. The third kappa shape index (κ3) is 4.00. The van der Waals surface area contributed by atoms with Crippen molar-refractivity contribution in [3.05, 3.63) is 17.2 Å². The summed E-state index contributed by atoms with van der Waals surface area (Å²) in [5.74, 6) is -1.53. The van der Waals surface area contributed by atoms with Crippen LogP contribution in [-0.2, 0) is 22.6 Å². The lowest BCUT2D eigenvalue weighted by atomic mass is 10.2. The molecule has 0 N–H and O–H groups in total. The van der Waals surface area contributed by atoms with Crippen LogP contribution in [0.1, 0.15) is 50.3 Å². The SMILES string of the molecule is CCOC(=O)c1nn2c(c1F)CN(C(=O)OC(C)(C)C)CCC2. The van der Waals surface area contributed by atoms with E-state index in [1.807, 2.05) is 0 Å². The van der Waals surface area contributed by atoms with E-state index >= 15 is 0 Å². The van der Waals surface area contributed by atoms with Crippen LogP contribution in [0.25, 0.3) is 0 Å². The van der Waals surface area contributed by atoms with Gasteiger partial charge in [-0.1, -0.05) is 0 Å². The predicted octanol–water partition coefficient (Wildman–Crippen LogP) is 2.34. The average Bonchev–Trinajstić information content (AvgIpc) is 2.62. The first-order valence-corrected chi connectivity index (χ1v) is 7.63. The van der Waals surface area contributed by atoms with Crippen molar-refractivity contribution in [3.63, 3.8) is 0 Å². The third-order valence-corrected chi connectivity index (χ3v) is 3.25. The second-order valence-corrected chi connectivity index (χ2v) is 6.31. The second kappa shape index (κ2) is 6.55. The van der Waals surface area contributed by atoms with Crippen LogP contribution >= 0.6 is 0 Å². The largest absolute Gasteiger partial charge is 0.461 e. The first kappa shape index (κ1) is 17.2. The van der Waals surface area contributed by atoms with Crippen LogP contribution in [0, 0.1) is 5.82 Å². The van der Waals surface area contributed by atoms with E-state index in [1.54, 1.807) is 27.7 Å². The van der Waals surface area contributed by atoms with Gasteiger partial charge in [0.25, 0.3) is 0 Å². The van der Waals surface area contributed by atoms with Gasteiger partial charge in [-0.15, -0.1) is 0 Å². The molecule has 1 amide bonds. The van der Waals surface area contributed by atoms with Gasteiger partial charge in [0.15, 0.2) is 5.82 Å². The maximum atomic E-state index is 14.5. The van der Waals surface area contributed by atoms with Crippen LogP contribution in [-0.4, -0.2) is 45.5 Å². The summed E-state index contributed by atoms with van der Waals surface area (Å²) < 4.78 is 26.0. The molecule has 0 atom stereocenters. The van der Waals surface area contributed by atoms with Gasteiger partial charge in [-0.25, -0.2) is 14.0 Å². The molecule has 2 rings (SSSR count). The quantitative estimate of drug-likeness (QED) is 0.780. The van der Waals surface area contributed by atoms with Crippen molar-refractivity contribution >= 4 is 12.1 Å². The minimum atomic E-state index is -0.797. The van der Waals surface area contributed by atoms with Crippen molar-refractivity contribution in [2.45, 2.75) is 52.8 Å². The number of halogens is 1. The summed E-state index contributed by atoms with van der Waals surface area (Å²) in [5, 5.41) is 3.99. The number of nitrogens with zero attached hydrogens (tertiary/aromatic N) is 3. The first-order chi connectivity index (χ1) is 10.7. The summed E-state index contributed by atoms with van der Waals surface area (Å²) in [6.45, 7) is 7.96. The van der Waals surface area contributed by atoms with Gasteiger partial charge in [0, 0.05) is 13.1 Å². The summed E-state index contributed by atoms with van der Waals surface area (Å²) in [6, 6.07) is 0. The molecule has 0 radical (unpaired) electrons. The van der Waals surface area contributed by atoms with E-state index in [9.17, 15) is 14.0 Å². The van der Waals surface area contributed by atoms with Gasteiger partial charge in [-0.05, 0) is 34.1 Å². The Labute approximate surface area is 134 Å². The molecule has 0 aromatic carbocycles. The van der Waals surface area contributed by atoms with Crippen LogP contribution in [0.3, 0.4) is 0 Å². The zero-order valence-corrected chi connectivity index (χ0v) is 13.9. The molecule has 0 saturated heterocycles. The Kier molecular flexibility index (Phi) is 4.91. The third-order valence-electron chi connectivity index (χ3n) is 3.25. The van der Waals surface area contributed by atoms with Crippen molar-refractivity contribution in [2.24, 2.45) is 0 Å². The van der Waals surface area contributed by atoms with E-state index in [2.05, 4.69) is 5.10 Å². The van der Waals surface area contributed by atoms with E-state index in [1.165, 1.54) is 9.58 Å². The Morgan fingerprint density at radius 2 is 2.00 bits per heavy atom. The van der Waals surface area contributed by atoms with Crippen LogP contribution in [0.2, 0.25) is 0 Å². The number of hydrogen-bond acceptors (Lipinski definition) is 5. The molecule has 0 saturated carbocycles. The molecule has 128 valence electrons. The molecule has 1 aromatic rings. The first-order valence-electron chi connectivity index (χ1n) is 7.63. The van der Waals surface area contributed by atoms with Crippen LogP contribution in [0.15, 0.2) is 0 Å². The Hall–Kier alpha value is -2.12. The zero-order valence-electron chi connectivity index (χ0n) is 13.9. The number of aromatic nitrogens is 2. The topological polar surface area (TPSA) is 73.7 Å². The standard InChI is InChI=1S/C15H22FN3O4/c1-5-22-13(20)12-11(16)10-9-18(7-6-8-19(10)17-12)14(21)23-15(2,3)4/h5-9H2,1-4H3. The highest BCUT2D eigenvalue weighted by Gasteiger charge is 2.30. The van der Waals surface area contributed by atoms with Gasteiger partial charge in [0.1, 0.15) is 5.60 Å². The minimum absolute atomic E-state index is 0.00709. The second-order valence-electron chi connectivity index (χ2n) is 6.31. The molecule has 0 aliphatic carbocycles. The molecule has 23 heavy (non-hydrogen) atoms. The number of carbonyl (C=O) groups excluding carboxylic acids is 2. The van der Waals surface area contributed by atoms with E-state index in [-0.39, 0.29) is 24.5 Å². The lowest BCUT2D eigenvalue weighted by Gasteiger charge is -2.26. The molecule has 0 bridgehead atoms. The normalized spacial score (nSPS) is 14.9. The maximum absolute atomic E-state index is 14.5. The summed E-state index contributed by atoms with van der Waals surface area (Å²) in [4.78, 5) is 25.3. The Morgan fingerprint density at radius 1 is 1.30 bits per heavy atom. The molecule has 8 heteroatoms. The summed E-state index contributed by atoms with van der Waals surface area (Å²) >= 11 is 0. The molecule has 1 aromatic heterocycles. The minimum Gasteiger partial charge on any atom is -0.461 e. The monoisotopic (exact) mass is 327 g/mol. The molecule has 0 fully saturated rings. The molecule has 2 heterocycles. The van der Waals surface area contributed by atoms with Gasteiger partial charge in [0.05, 0.1) is 18.8 Å². The van der Waals surface area contributed by atoms with Crippen molar-refractivity contribution in [1.82, 2.24) is 14.7 Å². The van der Waals surface area contributed by atoms with E-state index in [4.69, 9.17) is 9.47 Å². The number of esters is 1. The van der Waals surface area contributed by atoms with Crippen LogP contribution < -0.4 is 0 Å². The highest BCUT2D eigenvalue weighted by molar-refractivity contribution is 5.87. The van der Waals surface area contributed by atoms with E-state index in [0.717, 1.165) is 0 Å². The van der Waals surface area contributed by atoms with E-state index in [0.29, 0.717) is 19.5 Å². The number of amides is 1. The van der Waals surface area contributed by atoms with Gasteiger partial charge in [-0.2, -0.15) is 5.10 Å². The Balaban J connectivity index is 2.22. The van der Waals surface area contributed by atoms with E-state index < -0.39 is 23.5 Å². The molecule has 0 unspecified atom stereocenters. The van der Waals surface area contributed by atoms with Crippen molar-refractivity contribution < 1.29 is 23.5 Å². The fourth-order valence-corrected chi connectivity index (χ4v) is 2.29. The van der Waals surface area contributed by atoms with Crippen LogP contribution in [0.4, 0.5) is 9.18 Å². The lowest BCUT2D eigenvalue weighted by Crippen LogP contribution is -2.36. The number of hydrogen-bond donors (Lipinski definition) is 0. The maximum Gasteiger partial charge on any atom is 0.410 e. The average molecular weight is 327 g/mol. The highest BCUT2D eigenvalue weighted by atomic mass is 19.1. The van der Waals surface area contributed by atoms with Crippen molar-refractivity contribution in [1.29, 1.82) is 0 Å². The smallest absolute Gasteiger partial charge is 0.410 e. The van der Waals surface area contributed by atoms with Gasteiger partial charge in [-0.3, -0.25) is 4.68 Å². The summed E-state index contributed by atoms with van der Waals surface area (Å²) in [7, 11) is 0. The number of fused-ring (bicyclic) bond motifs is 1. The van der Waals surface area contributed by atoms with Crippen molar-refractivity contribution in [3.8, 4) is 0 Å². The van der Waals surface area contributed by atoms with Gasteiger partial charge >= 0.3 is 12.1 Å². The molecular weight excluding hydrogens is 305 g/mol. The molecule has 0 spiro atoms. The number of rotatable bonds is 2. The fourth-order valence-electron chi connectivity index (χ4n) is 2.29. The molecular formula is C15H22FN3O4. The Morgan fingerprint density at radius 3 is 2.61 bits per heavy atom. The fraction of sp³-hybridized carbons (Fsp3) is 0.667. The lowest BCUT2D eigenvalue weighted by molar-refractivity contribution is 0.0235. The zero-order chi connectivity index (χ0) is 17.2. The predicted molar refractivity (Wildman–Crippen MR) is 79.4 cm³/mol. The number of carbonyl (C=O) groups is 2. The summed E-state index contributed by atoms with van der Waals surface area (Å²) in [5.41, 5.74) is -0.776. The van der Waals surface area contributed by atoms with Gasteiger partial charge in [0.2, 0.25) is 5.69 Å². The van der Waals surface area contributed by atoms with Crippen LogP contribution in [0.5, 0.6) is 0 Å². The summed E-state index contributed by atoms with van der Waals surface area (Å²) in [6.07, 6.45) is 0.0829. The van der Waals surface area contributed by atoms with Crippen molar-refractivity contribution in [2.75, 3.05) is 13.2 Å². The highest BCUT2D eigenvalue weighted by Crippen LogP contribution is 2.21. The molecule has 1 aliphatic rings. The number of ether oxygens (including phenoxy) is 2. The Bertz CT molecular complexity index is 607. The number of aryl methyl sites for hydroxylation is 1.